The standard InChI is InChI=1S/C17H18FN3/c1-12(15-5-3-4-6-16(15)18)19-10-13-7-8-17-14(9-13)11-21(2)20-17/h3-9,11-12,19H,10H2,1-2H3/t12-/m1/s1. The summed E-state index contributed by atoms with van der Waals surface area (Å²) in [6.07, 6.45) is 2.00. The first kappa shape index (κ1) is 13.8. The molecule has 0 radical (unpaired) electrons. The van der Waals surface area contributed by atoms with Crippen molar-refractivity contribution < 1.29 is 4.39 Å². The van der Waals surface area contributed by atoms with Crippen LogP contribution in [0.4, 0.5) is 4.39 Å². The molecule has 1 N–H and O–H groups in total. The zero-order chi connectivity index (χ0) is 14.8. The van der Waals surface area contributed by atoms with Crippen LogP contribution in [0.2, 0.25) is 0 Å². The Morgan fingerprint density at radius 1 is 1.24 bits per heavy atom. The van der Waals surface area contributed by atoms with E-state index in [0.717, 1.165) is 10.9 Å². The summed E-state index contributed by atoms with van der Waals surface area (Å²) in [6.45, 7) is 2.67. The molecule has 0 amide bonds. The van der Waals surface area contributed by atoms with Gasteiger partial charge in [-0.15, -0.1) is 0 Å². The van der Waals surface area contributed by atoms with Gasteiger partial charge >= 0.3 is 0 Å². The summed E-state index contributed by atoms with van der Waals surface area (Å²) in [5.74, 6) is -0.166. The minimum absolute atomic E-state index is 0.0317. The van der Waals surface area contributed by atoms with Crippen molar-refractivity contribution in [1.29, 1.82) is 0 Å². The monoisotopic (exact) mass is 283 g/mol. The van der Waals surface area contributed by atoms with Crippen molar-refractivity contribution in [2.75, 3.05) is 0 Å². The van der Waals surface area contributed by atoms with Gasteiger partial charge in [0.25, 0.3) is 0 Å². The van der Waals surface area contributed by atoms with Crippen molar-refractivity contribution in [3.05, 3.63) is 65.6 Å². The SMILES string of the molecule is C[C@@H](NCc1ccc2nn(C)cc2c1)c1ccccc1F. The summed E-state index contributed by atoms with van der Waals surface area (Å²) < 4.78 is 15.5. The molecule has 4 heteroatoms. The first-order valence-corrected chi connectivity index (χ1v) is 7.03. The average Bonchev–Trinajstić information content (AvgIpc) is 2.84. The minimum atomic E-state index is -0.166. The number of halogens is 1. The molecule has 0 bridgehead atoms. The molecule has 0 saturated carbocycles. The van der Waals surface area contributed by atoms with Crippen LogP contribution in [-0.2, 0) is 13.6 Å². The highest BCUT2D eigenvalue weighted by Crippen LogP contribution is 2.18. The molecule has 0 aliphatic heterocycles. The fourth-order valence-corrected chi connectivity index (χ4v) is 2.52. The van der Waals surface area contributed by atoms with Gasteiger partial charge in [-0.2, -0.15) is 5.10 Å². The van der Waals surface area contributed by atoms with Crippen LogP contribution in [0.15, 0.2) is 48.7 Å². The molecule has 1 aromatic heterocycles. The first-order valence-electron chi connectivity index (χ1n) is 7.03. The van der Waals surface area contributed by atoms with Gasteiger partial charge in [0.1, 0.15) is 5.82 Å². The second-order valence-electron chi connectivity index (χ2n) is 5.32. The molecular weight excluding hydrogens is 265 g/mol. The molecule has 3 rings (SSSR count). The van der Waals surface area contributed by atoms with Crippen molar-refractivity contribution in [1.82, 2.24) is 15.1 Å². The van der Waals surface area contributed by atoms with Crippen molar-refractivity contribution in [2.45, 2.75) is 19.5 Å². The molecular formula is C17H18FN3. The average molecular weight is 283 g/mol. The third kappa shape index (κ3) is 2.95. The van der Waals surface area contributed by atoms with Crippen molar-refractivity contribution in [2.24, 2.45) is 7.05 Å². The second-order valence-corrected chi connectivity index (χ2v) is 5.32. The van der Waals surface area contributed by atoms with E-state index in [1.165, 1.54) is 11.6 Å². The topological polar surface area (TPSA) is 29.9 Å². The van der Waals surface area contributed by atoms with Gasteiger partial charge in [0.2, 0.25) is 0 Å². The minimum Gasteiger partial charge on any atom is -0.306 e. The largest absolute Gasteiger partial charge is 0.306 e. The molecule has 0 aliphatic carbocycles. The van der Waals surface area contributed by atoms with E-state index < -0.39 is 0 Å². The van der Waals surface area contributed by atoms with E-state index in [1.54, 1.807) is 6.07 Å². The normalized spacial score (nSPS) is 12.7. The lowest BCUT2D eigenvalue weighted by Crippen LogP contribution is -2.19. The number of nitrogens with one attached hydrogen (secondary N) is 1. The molecule has 3 nitrogen and oxygen atoms in total. The lowest BCUT2D eigenvalue weighted by Gasteiger charge is -2.15. The molecule has 0 spiro atoms. The Bertz CT molecular complexity index is 764. The van der Waals surface area contributed by atoms with Crippen LogP contribution >= 0.6 is 0 Å². The van der Waals surface area contributed by atoms with Gasteiger partial charge in [-0.3, -0.25) is 4.68 Å². The number of fused-ring (bicyclic) bond motifs is 1. The van der Waals surface area contributed by atoms with E-state index in [2.05, 4.69) is 22.5 Å². The summed E-state index contributed by atoms with van der Waals surface area (Å²) in [5, 5.41) is 8.84. The zero-order valence-corrected chi connectivity index (χ0v) is 12.2. The predicted molar refractivity (Wildman–Crippen MR) is 82.4 cm³/mol. The van der Waals surface area contributed by atoms with E-state index in [4.69, 9.17) is 0 Å². The number of hydrogen-bond donors (Lipinski definition) is 1. The van der Waals surface area contributed by atoms with E-state index in [9.17, 15) is 4.39 Å². The Morgan fingerprint density at radius 2 is 2.05 bits per heavy atom. The number of aromatic nitrogens is 2. The van der Waals surface area contributed by atoms with Gasteiger partial charge in [-0.05, 0) is 30.7 Å². The van der Waals surface area contributed by atoms with E-state index in [1.807, 2.05) is 43.0 Å². The van der Waals surface area contributed by atoms with E-state index in [-0.39, 0.29) is 11.9 Å². The van der Waals surface area contributed by atoms with Gasteiger partial charge in [-0.1, -0.05) is 24.3 Å². The van der Waals surface area contributed by atoms with Gasteiger partial charge in [0, 0.05) is 36.8 Å². The van der Waals surface area contributed by atoms with E-state index >= 15 is 0 Å². The highest BCUT2D eigenvalue weighted by atomic mass is 19.1. The molecule has 0 unspecified atom stereocenters. The maximum atomic E-state index is 13.7. The molecule has 0 saturated heterocycles. The maximum absolute atomic E-state index is 13.7. The van der Waals surface area contributed by atoms with Crippen molar-refractivity contribution in [3.63, 3.8) is 0 Å². The first-order chi connectivity index (χ1) is 10.1. The molecule has 1 atom stereocenters. The summed E-state index contributed by atoms with van der Waals surface area (Å²) in [5.41, 5.74) is 2.85. The fraction of sp³-hybridized carbons (Fsp3) is 0.235. The van der Waals surface area contributed by atoms with Crippen LogP contribution in [0.1, 0.15) is 24.1 Å². The number of aryl methyl sites for hydroxylation is 1. The van der Waals surface area contributed by atoms with Crippen molar-refractivity contribution >= 4 is 10.9 Å². The number of hydrogen-bond acceptors (Lipinski definition) is 2. The number of rotatable bonds is 4. The van der Waals surface area contributed by atoms with Gasteiger partial charge < -0.3 is 5.32 Å². The Labute approximate surface area is 123 Å². The predicted octanol–water partition coefficient (Wildman–Crippen LogP) is 3.56. The zero-order valence-electron chi connectivity index (χ0n) is 12.2. The van der Waals surface area contributed by atoms with Crippen LogP contribution in [-0.4, -0.2) is 9.78 Å². The van der Waals surface area contributed by atoms with Gasteiger partial charge in [0.15, 0.2) is 0 Å². The molecule has 0 aliphatic rings. The summed E-state index contributed by atoms with van der Waals surface area (Å²) >= 11 is 0. The molecule has 21 heavy (non-hydrogen) atoms. The Balaban J connectivity index is 1.72. The Hall–Kier alpha value is -2.20. The molecule has 0 fully saturated rings. The number of nitrogens with zero attached hydrogens (tertiary/aromatic N) is 2. The molecule has 2 aromatic carbocycles. The van der Waals surface area contributed by atoms with Crippen LogP contribution in [0.25, 0.3) is 10.9 Å². The van der Waals surface area contributed by atoms with Crippen molar-refractivity contribution in [3.8, 4) is 0 Å². The fourth-order valence-electron chi connectivity index (χ4n) is 2.52. The van der Waals surface area contributed by atoms with Gasteiger partial charge in [0.05, 0.1) is 5.52 Å². The highest BCUT2D eigenvalue weighted by Gasteiger charge is 2.09. The van der Waals surface area contributed by atoms with Crippen LogP contribution in [0.5, 0.6) is 0 Å². The quantitative estimate of drug-likeness (QED) is 0.793. The van der Waals surface area contributed by atoms with E-state index in [0.29, 0.717) is 12.1 Å². The number of benzene rings is 2. The van der Waals surface area contributed by atoms with Crippen LogP contribution < -0.4 is 5.32 Å². The third-order valence-corrected chi connectivity index (χ3v) is 3.67. The maximum Gasteiger partial charge on any atom is 0.127 e. The summed E-state index contributed by atoms with van der Waals surface area (Å²) in [4.78, 5) is 0. The summed E-state index contributed by atoms with van der Waals surface area (Å²) in [7, 11) is 1.91. The van der Waals surface area contributed by atoms with Crippen LogP contribution in [0.3, 0.4) is 0 Å². The second kappa shape index (κ2) is 5.66. The lowest BCUT2D eigenvalue weighted by molar-refractivity contribution is 0.528. The highest BCUT2D eigenvalue weighted by molar-refractivity contribution is 5.78. The molecule has 108 valence electrons. The van der Waals surface area contributed by atoms with Crippen LogP contribution in [0, 0.1) is 5.82 Å². The Kier molecular flexibility index (Phi) is 3.71. The smallest absolute Gasteiger partial charge is 0.127 e. The Morgan fingerprint density at radius 3 is 2.86 bits per heavy atom. The summed E-state index contributed by atoms with van der Waals surface area (Å²) in [6, 6.07) is 13.0. The third-order valence-electron chi connectivity index (χ3n) is 3.67. The molecule has 3 aromatic rings. The van der Waals surface area contributed by atoms with Gasteiger partial charge in [-0.25, -0.2) is 4.39 Å². The lowest BCUT2D eigenvalue weighted by atomic mass is 10.1. The molecule has 1 heterocycles.